The van der Waals surface area contributed by atoms with E-state index < -0.39 is 15.9 Å². The van der Waals surface area contributed by atoms with Gasteiger partial charge < -0.3 is 13.6 Å². The number of hydrogen-bond acceptors (Lipinski definition) is 8. The van der Waals surface area contributed by atoms with Gasteiger partial charge in [0, 0.05) is 18.7 Å². The number of carbonyl (C=O) groups is 1. The van der Waals surface area contributed by atoms with Gasteiger partial charge in [0.25, 0.3) is 11.8 Å². The molecule has 1 amide bonds. The standard InChI is InChI=1S/C19H20N4O6S/c1-12-11-16(13(2)28-12)18-21-22-19(29-18)20-17(24)14-3-5-15(6-4-14)30(25,26)23-7-9-27-10-8-23/h3-6,11H,7-10H2,1-2H3,(H,20,22,24). The van der Waals surface area contributed by atoms with E-state index in [1.807, 2.05) is 0 Å². The monoisotopic (exact) mass is 432 g/mol. The van der Waals surface area contributed by atoms with Gasteiger partial charge in [-0.15, -0.1) is 5.10 Å². The van der Waals surface area contributed by atoms with E-state index in [0.29, 0.717) is 43.4 Å². The van der Waals surface area contributed by atoms with Crippen LogP contribution < -0.4 is 5.32 Å². The van der Waals surface area contributed by atoms with E-state index in [9.17, 15) is 13.2 Å². The van der Waals surface area contributed by atoms with Crippen LogP contribution in [-0.4, -0.2) is 55.1 Å². The van der Waals surface area contributed by atoms with Gasteiger partial charge in [-0.05, 0) is 44.2 Å². The highest BCUT2D eigenvalue weighted by Crippen LogP contribution is 2.26. The Morgan fingerprint density at radius 2 is 1.77 bits per heavy atom. The smallest absolute Gasteiger partial charge is 0.322 e. The number of morpholine rings is 1. The summed E-state index contributed by atoms with van der Waals surface area (Å²) < 4.78 is 42.8. The molecular weight excluding hydrogens is 412 g/mol. The lowest BCUT2D eigenvalue weighted by atomic mass is 10.2. The molecule has 1 aliphatic heterocycles. The fourth-order valence-electron chi connectivity index (χ4n) is 3.11. The van der Waals surface area contributed by atoms with Crippen LogP contribution >= 0.6 is 0 Å². The van der Waals surface area contributed by atoms with Crippen molar-refractivity contribution < 1.29 is 26.8 Å². The SMILES string of the molecule is Cc1cc(-c2nnc(NC(=O)c3ccc(S(=O)(=O)N4CCOCC4)cc3)o2)c(C)o1. The number of hydrogen-bond donors (Lipinski definition) is 1. The van der Waals surface area contributed by atoms with Crippen molar-refractivity contribution in [3.63, 3.8) is 0 Å². The van der Waals surface area contributed by atoms with Gasteiger partial charge in [0.2, 0.25) is 10.0 Å². The van der Waals surface area contributed by atoms with Crippen LogP contribution in [-0.2, 0) is 14.8 Å². The van der Waals surface area contributed by atoms with Crippen molar-refractivity contribution in [2.45, 2.75) is 18.7 Å². The van der Waals surface area contributed by atoms with Crippen LogP contribution in [0.2, 0.25) is 0 Å². The molecule has 10 nitrogen and oxygen atoms in total. The first-order valence-electron chi connectivity index (χ1n) is 9.25. The van der Waals surface area contributed by atoms with Crippen LogP contribution in [0.25, 0.3) is 11.5 Å². The molecule has 1 aliphatic rings. The van der Waals surface area contributed by atoms with Gasteiger partial charge in [-0.2, -0.15) is 4.31 Å². The molecule has 3 heterocycles. The second-order valence-electron chi connectivity index (χ2n) is 6.73. The first-order valence-corrected chi connectivity index (χ1v) is 10.7. The maximum atomic E-state index is 12.7. The summed E-state index contributed by atoms with van der Waals surface area (Å²) in [5.41, 5.74) is 0.907. The van der Waals surface area contributed by atoms with Crippen LogP contribution in [0.3, 0.4) is 0 Å². The molecular formula is C19H20N4O6S. The number of furan rings is 1. The molecule has 3 aromatic rings. The van der Waals surface area contributed by atoms with E-state index in [2.05, 4.69) is 15.5 Å². The van der Waals surface area contributed by atoms with Gasteiger partial charge in [0.15, 0.2) is 0 Å². The summed E-state index contributed by atoms with van der Waals surface area (Å²) in [7, 11) is -3.62. The highest BCUT2D eigenvalue weighted by molar-refractivity contribution is 7.89. The van der Waals surface area contributed by atoms with E-state index in [4.69, 9.17) is 13.6 Å². The number of carbonyl (C=O) groups excluding carboxylic acids is 1. The third kappa shape index (κ3) is 3.99. The zero-order chi connectivity index (χ0) is 21.3. The van der Waals surface area contributed by atoms with Crippen molar-refractivity contribution in [2.24, 2.45) is 0 Å². The summed E-state index contributed by atoms with van der Waals surface area (Å²) in [6.07, 6.45) is 0. The first kappa shape index (κ1) is 20.3. The molecule has 0 spiro atoms. The van der Waals surface area contributed by atoms with E-state index >= 15 is 0 Å². The van der Waals surface area contributed by atoms with E-state index in [1.165, 1.54) is 28.6 Å². The molecule has 30 heavy (non-hydrogen) atoms. The molecule has 0 atom stereocenters. The number of benzene rings is 1. The Bertz CT molecular complexity index is 1160. The van der Waals surface area contributed by atoms with Gasteiger partial charge in [-0.3, -0.25) is 10.1 Å². The Morgan fingerprint density at radius 3 is 2.40 bits per heavy atom. The van der Waals surface area contributed by atoms with Crippen LogP contribution in [0.4, 0.5) is 6.01 Å². The van der Waals surface area contributed by atoms with Gasteiger partial charge in [-0.25, -0.2) is 8.42 Å². The number of anilines is 1. The van der Waals surface area contributed by atoms with Crippen molar-refractivity contribution >= 4 is 21.9 Å². The van der Waals surface area contributed by atoms with Crippen LogP contribution in [0.1, 0.15) is 21.9 Å². The maximum absolute atomic E-state index is 12.7. The van der Waals surface area contributed by atoms with Crippen molar-refractivity contribution in [3.05, 3.63) is 47.4 Å². The van der Waals surface area contributed by atoms with E-state index in [-0.39, 0.29) is 22.4 Å². The van der Waals surface area contributed by atoms with Gasteiger partial charge >= 0.3 is 6.01 Å². The molecule has 0 radical (unpaired) electrons. The molecule has 0 unspecified atom stereocenters. The Morgan fingerprint density at radius 1 is 1.07 bits per heavy atom. The number of nitrogens with one attached hydrogen (secondary N) is 1. The van der Waals surface area contributed by atoms with E-state index in [1.54, 1.807) is 19.9 Å². The van der Waals surface area contributed by atoms with Crippen molar-refractivity contribution in [3.8, 4) is 11.5 Å². The van der Waals surface area contributed by atoms with Gasteiger partial charge in [0.1, 0.15) is 11.5 Å². The fraction of sp³-hybridized carbons (Fsp3) is 0.316. The Labute approximate surface area is 172 Å². The van der Waals surface area contributed by atoms with Gasteiger partial charge in [-0.1, -0.05) is 5.10 Å². The molecule has 2 aromatic heterocycles. The first-order chi connectivity index (χ1) is 14.3. The molecule has 4 rings (SSSR count). The lowest BCUT2D eigenvalue weighted by molar-refractivity contribution is 0.0730. The summed E-state index contributed by atoms with van der Waals surface area (Å²) in [5.74, 6) is 1.07. The van der Waals surface area contributed by atoms with Crippen LogP contribution in [0, 0.1) is 13.8 Å². The number of amides is 1. The Kier molecular flexibility index (Phi) is 5.41. The summed E-state index contributed by atoms with van der Waals surface area (Å²) in [5, 5.41) is 10.3. The normalized spacial score (nSPS) is 15.3. The molecule has 1 aromatic carbocycles. The van der Waals surface area contributed by atoms with Crippen molar-refractivity contribution in [1.82, 2.24) is 14.5 Å². The predicted octanol–water partition coefficient (Wildman–Crippen LogP) is 2.22. The molecule has 1 fully saturated rings. The lowest BCUT2D eigenvalue weighted by Crippen LogP contribution is -2.40. The van der Waals surface area contributed by atoms with Gasteiger partial charge in [0.05, 0.1) is 23.7 Å². The molecule has 11 heteroatoms. The summed E-state index contributed by atoms with van der Waals surface area (Å²) in [6, 6.07) is 7.36. The third-order valence-corrected chi connectivity index (χ3v) is 6.55. The number of ether oxygens (including phenoxy) is 1. The number of aromatic nitrogens is 2. The zero-order valence-electron chi connectivity index (χ0n) is 16.4. The molecule has 0 bridgehead atoms. The Hall–Kier alpha value is -3.02. The highest BCUT2D eigenvalue weighted by Gasteiger charge is 2.26. The van der Waals surface area contributed by atoms with Crippen molar-refractivity contribution in [1.29, 1.82) is 0 Å². The average Bonchev–Trinajstić information content (AvgIpc) is 3.34. The molecule has 0 saturated carbocycles. The predicted molar refractivity (Wildman–Crippen MR) is 105 cm³/mol. The molecule has 1 N–H and O–H groups in total. The summed E-state index contributed by atoms with van der Waals surface area (Å²) in [6.45, 7) is 4.92. The average molecular weight is 432 g/mol. The minimum atomic E-state index is -3.62. The Balaban J connectivity index is 1.46. The minimum absolute atomic E-state index is 0.0710. The molecule has 0 aliphatic carbocycles. The largest absolute Gasteiger partial charge is 0.466 e. The van der Waals surface area contributed by atoms with E-state index in [0.717, 1.165) is 0 Å². The number of aryl methyl sites for hydroxylation is 2. The maximum Gasteiger partial charge on any atom is 0.322 e. The van der Waals surface area contributed by atoms with Crippen molar-refractivity contribution in [2.75, 3.05) is 31.6 Å². The second kappa shape index (κ2) is 8.01. The quantitative estimate of drug-likeness (QED) is 0.650. The minimum Gasteiger partial charge on any atom is -0.466 e. The fourth-order valence-corrected chi connectivity index (χ4v) is 4.52. The number of sulfonamides is 1. The second-order valence-corrected chi connectivity index (χ2v) is 8.67. The summed E-state index contributed by atoms with van der Waals surface area (Å²) >= 11 is 0. The highest BCUT2D eigenvalue weighted by atomic mass is 32.2. The topological polar surface area (TPSA) is 128 Å². The van der Waals surface area contributed by atoms with Crippen LogP contribution in [0.5, 0.6) is 0 Å². The summed E-state index contributed by atoms with van der Waals surface area (Å²) in [4.78, 5) is 12.6. The molecule has 1 saturated heterocycles. The number of nitrogens with zero attached hydrogens (tertiary/aromatic N) is 3. The van der Waals surface area contributed by atoms with Crippen LogP contribution in [0.15, 0.2) is 44.1 Å². The lowest BCUT2D eigenvalue weighted by Gasteiger charge is -2.26. The third-order valence-electron chi connectivity index (χ3n) is 4.64. The zero-order valence-corrected chi connectivity index (χ0v) is 17.2. The molecule has 158 valence electrons. The number of rotatable bonds is 5.